The van der Waals surface area contributed by atoms with Crippen LogP contribution in [0.1, 0.15) is 32.6 Å². The Kier molecular flexibility index (Phi) is 4.39. The molecule has 0 aliphatic heterocycles. The minimum absolute atomic E-state index is 0.0265. The summed E-state index contributed by atoms with van der Waals surface area (Å²) in [6, 6.07) is 0. The van der Waals surface area contributed by atoms with Gasteiger partial charge in [-0.3, -0.25) is 4.79 Å². The molecule has 1 atom stereocenters. The Labute approximate surface area is 86.6 Å². The number of hydrogen-bond acceptors (Lipinski definition) is 2. The number of carbonyl (C=O) groups is 1. The topological polar surface area (TPSA) is 46.3 Å². The number of hydrogen-bond donors (Lipinski definition) is 1. The molecule has 14 heavy (non-hydrogen) atoms. The predicted molar refractivity (Wildman–Crippen MR) is 57.8 cm³/mol. The van der Waals surface area contributed by atoms with Crippen LogP contribution in [-0.4, -0.2) is 30.9 Å². The molecule has 0 heterocycles. The van der Waals surface area contributed by atoms with E-state index in [0.717, 1.165) is 12.5 Å². The second kappa shape index (κ2) is 5.35. The highest BCUT2D eigenvalue weighted by molar-refractivity contribution is 5.78. The highest BCUT2D eigenvalue weighted by Crippen LogP contribution is 2.25. The molecule has 3 nitrogen and oxygen atoms in total. The molecular weight excluding hydrogens is 176 g/mol. The lowest BCUT2D eigenvalue weighted by Crippen LogP contribution is -2.37. The molecule has 1 unspecified atom stereocenters. The molecule has 3 heteroatoms. The standard InChI is InChI=1S/C11H22N2O/c1-9(7-12)11(14)13(2)8-10-5-3-4-6-10/h9-10H,3-8,12H2,1-2H3. The number of amides is 1. The zero-order valence-electron chi connectivity index (χ0n) is 9.33. The Bertz CT molecular complexity index is 188. The second-order valence-electron chi connectivity index (χ2n) is 4.51. The number of nitrogens with two attached hydrogens (primary N) is 1. The summed E-state index contributed by atoms with van der Waals surface area (Å²) >= 11 is 0. The van der Waals surface area contributed by atoms with Crippen LogP contribution >= 0.6 is 0 Å². The van der Waals surface area contributed by atoms with E-state index in [2.05, 4.69) is 0 Å². The fraction of sp³-hybridized carbons (Fsp3) is 0.909. The molecular formula is C11H22N2O. The van der Waals surface area contributed by atoms with Gasteiger partial charge in [0.15, 0.2) is 0 Å². The van der Waals surface area contributed by atoms with Gasteiger partial charge in [-0.05, 0) is 18.8 Å². The Hall–Kier alpha value is -0.570. The first kappa shape index (κ1) is 11.5. The molecule has 1 aliphatic rings. The van der Waals surface area contributed by atoms with Crippen molar-refractivity contribution in [3.63, 3.8) is 0 Å². The summed E-state index contributed by atoms with van der Waals surface area (Å²) in [5, 5.41) is 0. The first-order chi connectivity index (χ1) is 6.65. The summed E-state index contributed by atoms with van der Waals surface area (Å²) < 4.78 is 0. The van der Waals surface area contributed by atoms with Gasteiger partial charge in [0.1, 0.15) is 0 Å². The van der Waals surface area contributed by atoms with Crippen LogP contribution in [0.25, 0.3) is 0 Å². The van der Waals surface area contributed by atoms with Crippen molar-refractivity contribution in [3.8, 4) is 0 Å². The lowest BCUT2D eigenvalue weighted by atomic mass is 10.1. The lowest BCUT2D eigenvalue weighted by molar-refractivity contribution is -0.133. The van der Waals surface area contributed by atoms with E-state index >= 15 is 0 Å². The molecule has 1 aliphatic carbocycles. The maximum Gasteiger partial charge on any atom is 0.226 e. The quantitative estimate of drug-likeness (QED) is 0.738. The van der Waals surface area contributed by atoms with Gasteiger partial charge in [0.25, 0.3) is 0 Å². The van der Waals surface area contributed by atoms with E-state index in [1.807, 2.05) is 18.9 Å². The van der Waals surface area contributed by atoms with E-state index in [4.69, 9.17) is 5.73 Å². The summed E-state index contributed by atoms with van der Waals surface area (Å²) in [6.07, 6.45) is 5.24. The molecule has 2 N–H and O–H groups in total. The highest BCUT2D eigenvalue weighted by Gasteiger charge is 2.21. The molecule has 0 radical (unpaired) electrons. The minimum Gasteiger partial charge on any atom is -0.345 e. The molecule has 1 rings (SSSR count). The van der Waals surface area contributed by atoms with Crippen LogP contribution in [0.15, 0.2) is 0 Å². The van der Waals surface area contributed by atoms with Crippen LogP contribution in [0.3, 0.4) is 0 Å². The maximum atomic E-state index is 11.7. The molecule has 0 aromatic rings. The zero-order chi connectivity index (χ0) is 10.6. The van der Waals surface area contributed by atoms with Crippen LogP contribution in [0.5, 0.6) is 0 Å². The first-order valence-electron chi connectivity index (χ1n) is 5.60. The lowest BCUT2D eigenvalue weighted by Gasteiger charge is -2.23. The predicted octanol–water partition coefficient (Wildman–Crippen LogP) is 1.23. The van der Waals surface area contributed by atoms with Crippen molar-refractivity contribution in [2.45, 2.75) is 32.6 Å². The minimum atomic E-state index is -0.0265. The van der Waals surface area contributed by atoms with Gasteiger partial charge in [-0.1, -0.05) is 19.8 Å². The van der Waals surface area contributed by atoms with Gasteiger partial charge in [0.2, 0.25) is 5.91 Å². The monoisotopic (exact) mass is 198 g/mol. The number of carbonyl (C=O) groups excluding carboxylic acids is 1. The van der Waals surface area contributed by atoms with Gasteiger partial charge in [0, 0.05) is 26.1 Å². The van der Waals surface area contributed by atoms with E-state index in [1.54, 1.807) is 0 Å². The molecule has 0 bridgehead atoms. The van der Waals surface area contributed by atoms with Gasteiger partial charge in [-0.2, -0.15) is 0 Å². The average molecular weight is 198 g/mol. The molecule has 1 saturated carbocycles. The van der Waals surface area contributed by atoms with Crippen LogP contribution in [-0.2, 0) is 4.79 Å². The van der Waals surface area contributed by atoms with Crippen molar-refractivity contribution in [1.82, 2.24) is 4.90 Å². The summed E-state index contributed by atoms with van der Waals surface area (Å²) in [7, 11) is 1.90. The Morgan fingerprint density at radius 1 is 1.50 bits per heavy atom. The molecule has 1 amide bonds. The largest absolute Gasteiger partial charge is 0.345 e. The summed E-state index contributed by atoms with van der Waals surface area (Å²) in [5.74, 6) is 0.898. The smallest absolute Gasteiger partial charge is 0.226 e. The fourth-order valence-corrected chi connectivity index (χ4v) is 2.15. The number of rotatable bonds is 4. The van der Waals surface area contributed by atoms with Crippen LogP contribution in [0.2, 0.25) is 0 Å². The summed E-state index contributed by atoms with van der Waals surface area (Å²) in [6.45, 7) is 3.27. The molecule has 0 saturated heterocycles. The SMILES string of the molecule is CC(CN)C(=O)N(C)CC1CCCC1. The molecule has 0 spiro atoms. The van der Waals surface area contributed by atoms with E-state index < -0.39 is 0 Å². The third kappa shape index (κ3) is 2.98. The average Bonchev–Trinajstić information content (AvgIpc) is 2.68. The van der Waals surface area contributed by atoms with Crippen molar-refractivity contribution in [2.75, 3.05) is 20.1 Å². The maximum absolute atomic E-state index is 11.7. The first-order valence-corrected chi connectivity index (χ1v) is 5.60. The summed E-state index contributed by atoms with van der Waals surface area (Å²) in [5.41, 5.74) is 5.47. The van der Waals surface area contributed by atoms with Gasteiger partial charge in [-0.25, -0.2) is 0 Å². The van der Waals surface area contributed by atoms with Gasteiger partial charge < -0.3 is 10.6 Å². The van der Waals surface area contributed by atoms with Crippen molar-refractivity contribution in [1.29, 1.82) is 0 Å². The number of nitrogens with zero attached hydrogens (tertiary/aromatic N) is 1. The summed E-state index contributed by atoms with van der Waals surface area (Å²) in [4.78, 5) is 13.6. The van der Waals surface area contributed by atoms with Crippen LogP contribution in [0, 0.1) is 11.8 Å². The zero-order valence-corrected chi connectivity index (χ0v) is 9.33. The third-order valence-corrected chi connectivity index (χ3v) is 3.16. The van der Waals surface area contributed by atoms with E-state index in [9.17, 15) is 4.79 Å². The van der Waals surface area contributed by atoms with E-state index in [-0.39, 0.29) is 11.8 Å². The highest BCUT2D eigenvalue weighted by atomic mass is 16.2. The molecule has 0 aromatic heterocycles. The fourth-order valence-electron chi connectivity index (χ4n) is 2.15. The van der Waals surface area contributed by atoms with Crippen molar-refractivity contribution >= 4 is 5.91 Å². The molecule has 1 fully saturated rings. The van der Waals surface area contributed by atoms with Crippen molar-refractivity contribution in [2.24, 2.45) is 17.6 Å². The molecule has 0 aromatic carbocycles. The normalized spacial score (nSPS) is 19.6. The Morgan fingerprint density at radius 3 is 2.57 bits per heavy atom. The Balaban J connectivity index is 2.32. The third-order valence-electron chi connectivity index (χ3n) is 3.16. The van der Waals surface area contributed by atoms with Crippen molar-refractivity contribution in [3.05, 3.63) is 0 Å². The van der Waals surface area contributed by atoms with Crippen LogP contribution < -0.4 is 5.73 Å². The van der Waals surface area contributed by atoms with Gasteiger partial charge in [-0.15, -0.1) is 0 Å². The molecule has 82 valence electrons. The van der Waals surface area contributed by atoms with Gasteiger partial charge >= 0.3 is 0 Å². The van der Waals surface area contributed by atoms with Crippen molar-refractivity contribution < 1.29 is 4.79 Å². The second-order valence-corrected chi connectivity index (χ2v) is 4.51. The Morgan fingerprint density at radius 2 is 2.07 bits per heavy atom. The van der Waals surface area contributed by atoms with Crippen LogP contribution in [0.4, 0.5) is 0 Å². The van der Waals surface area contributed by atoms with Gasteiger partial charge in [0.05, 0.1) is 0 Å². The van der Waals surface area contributed by atoms with E-state index in [1.165, 1.54) is 25.7 Å². The van der Waals surface area contributed by atoms with E-state index in [0.29, 0.717) is 6.54 Å².